The molecule has 0 aliphatic carbocycles. The van der Waals surface area contributed by atoms with Crippen molar-refractivity contribution in [2.24, 2.45) is 0 Å². The summed E-state index contributed by atoms with van der Waals surface area (Å²) in [5, 5.41) is 8.87. The predicted octanol–water partition coefficient (Wildman–Crippen LogP) is 1.03. The van der Waals surface area contributed by atoms with E-state index in [0.29, 0.717) is 5.69 Å². The molecule has 0 atom stereocenters. The summed E-state index contributed by atoms with van der Waals surface area (Å²) in [5.74, 6) is 0.877. The first-order valence-electron chi connectivity index (χ1n) is 7.18. The Morgan fingerprint density at radius 3 is 2.75 bits per heavy atom. The van der Waals surface area contributed by atoms with Gasteiger partial charge in [-0.05, 0) is 32.1 Å². The van der Waals surface area contributed by atoms with Gasteiger partial charge in [0.05, 0.1) is 0 Å². The van der Waals surface area contributed by atoms with Crippen molar-refractivity contribution >= 4 is 5.82 Å². The Morgan fingerprint density at radius 1 is 1.30 bits per heavy atom. The second-order valence-corrected chi connectivity index (χ2v) is 5.41. The fourth-order valence-electron chi connectivity index (χ4n) is 2.42. The zero-order chi connectivity index (χ0) is 14.4. The molecule has 1 aromatic rings. The molecule has 0 amide bonds. The zero-order valence-electron chi connectivity index (χ0n) is 12.4. The van der Waals surface area contributed by atoms with Crippen LogP contribution in [0.3, 0.4) is 0 Å². The molecule has 0 bridgehead atoms. The van der Waals surface area contributed by atoms with Crippen molar-refractivity contribution in [2.45, 2.75) is 6.42 Å². The standard InChI is InChI=1S/C15H23N5/c1-18-9-11-20(12-10-18)8-4-7-19(2)15-6-3-5-14(13-16)17-15/h3,5-6H,4,7-12H2,1-2H3. The van der Waals surface area contributed by atoms with E-state index in [4.69, 9.17) is 5.26 Å². The fourth-order valence-corrected chi connectivity index (χ4v) is 2.42. The largest absolute Gasteiger partial charge is 0.360 e. The number of rotatable bonds is 5. The first kappa shape index (κ1) is 14.8. The van der Waals surface area contributed by atoms with Gasteiger partial charge in [0.1, 0.15) is 17.6 Å². The van der Waals surface area contributed by atoms with Gasteiger partial charge in [-0.25, -0.2) is 4.98 Å². The van der Waals surface area contributed by atoms with E-state index in [1.165, 1.54) is 26.2 Å². The number of nitriles is 1. The average Bonchev–Trinajstić information content (AvgIpc) is 2.49. The third kappa shape index (κ3) is 4.19. The Balaban J connectivity index is 1.74. The molecule has 0 spiro atoms. The number of aromatic nitrogens is 1. The van der Waals surface area contributed by atoms with Crippen molar-refractivity contribution < 1.29 is 0 Å². The Bertz CT molecular complexity index is 460. The summed E-state index contributed by atoms with van der Waals surface area (Å²) >= 11 is 0. The van der Waals surface area contributed by atoms with Gasteiger partial charge in [0.25, 0.3) is 0 Å². The fraction of sp³-hybridized carbons (Fsp3) is 0.600. The molecular formula is C15H23N5. The third-order valence-electron chi connectivity index (χ3n) is 3.80. The van der Waals surface area contributed by atoms with Crippen LogP contribution in [0.1, 0.15) is 12.1 Å². The van der Waals surface area contributed by atoms with E-state index < -0.39 is 0 Å². The number of hydrogen-bond donors (Lipinski definition) is 0. The van der Waals surface area contributed by atoms with E-state index in [2.05, 4.69) is 32.8 Å². The van der Waals surface area contributed by atoms with Gasteiger partial charge in [0, 0.05) is 39.8 Å². The first-order chi connectivity index (χ1) is 9.69. The lowest BCUT2D eigenvalue weighted by Crippen LogP contribution is -2.45. The van der Waals surface area contributed by atoms with E-state index in [9.17, 15) is 0 Å². The monoisotopic (exact) mass is 273 g/mol. The highest BCUT2D eigenvalue weighted by Crippen LogP contribution is 2.10. The highest BCUT2D eigenvalue weighted by Gasteiger charge is 2.13. The second-order valence-electron chi connectivity index (χ2n) is 5.41. The Morgan fingerprint density at radius 2 is 2.05 bits per heavy atom. The van der Waals surface area contributed by atoms with Gasteiger partial charge in [-0.1, -0.05) is 6.07 Å². The lowest BCUT2D eigenvalue weighted by Gasteiger charge is -2.32. The maximum absolute atomic E-state index is 8.87. The molecule has 1 saturated heterocycles. The number of pyridine rings is 1. The van der Waals surface area contributed by atoms with Gasteiger partial charge in [-0.2, -0.15) is 5.26 Å². The van der Waals surface area contributed by atoms with Crippen LogP contribution in [0.4, 0.5) is 5.82 Å². The topological polar surface area (TPSA) is 46.4 Å². The van der Waals surface area contributed by atoms with Crippen molar-refractivity contribution in [3.8, 4) is 6.07 Å². The lowest BCUT2D eigenvalue weighted by atomic mass is 10.3. The molecule has 20 heavy (non-hydrogen) atoms. The van der Waals surface area contributed by atoms with Crippen LogP contribution in [0.25, 0.3) is 0 Å². The van der Waals surface area contributed by atoms with Crippen LogP contribution in [0.2, 0.25) is 0 Å². The third-order valence-corrected chi connectivity index (χ3v) is 3.80. The van der Waals surface area contributed by atoms with Crippen LogP contribution in [-0.2, 0) is 0 Å². The number of piperazine rings is 1. The molecule has 5 nitrogen and oxygen atoms in total. The minimum Gasteiger partial charge on any atom is -0.360 e. The normalized spacial score (nSPS) is 16.9. The number of hydrogen-bond acceptors (Lipinski definition) is 5. The molecule has 1 fully saturated rings. The molecule has 0 saturated carbocycles. The van der Waals surface area contributed by atoms with E-state index in [-0.39, 0.29) is 0 Å². The Labute approximate surface area is 121 Å². The lowest BCUT2D eigenvalue weighted by molar-refractivity contribution is 0.153. The summed E-state index contributed by atoms with van der Waals surface area (Å²) in [7, 11) is 4.21. The molecule has 1 aliphatic rings. The number of likely N-dealkylation sites (N-methyl/N-ethyl adjacent to an activating group) is 1. The zero-order valence-corrected chi connectivity index (χ0v) is 12.4. The van der Waals surface area contributed by atoms with Crippen LogP contribution in [0.5, 0.6) is 0 Å². The number of anilines is 1. The molecule has 0 N–H and O–H groups in total. The van der Waals surface area contributed by atoms with Crippen LogP contribution in [-0.4, -0.2) is 68.1 Å². The molecule has 2 rings (SSSR count). The SMILES string of the molecule is CN1CCN(CCCN(C)c2cccc(C#N)n2)CC1. The van der Waals surface area contributed by atoms with E-state index >= 15 is 0 Å². The summed E-state index contributed by atoms with van der Waals surface area (Å²) in [5.41, 5.74) is 0.480. The van der Waals surface area contributed by atoms with Gasteiger partial charge < -0.3 is 14.7 Å². The molecular weight excluding hydrogens is 250 g/mol. The van der Waals surface area contributed by atoms with Crippen LogP contribution in [0.15, 0.2) is 18.2 Å². The molecule has 5 heteroatoms. The Hall–Kier alpha value is -1.64. The smallest absolute Gasteiger partial charge is 0.142 e. The van der Waals surface area contributed by atoms with Crippen molar-refractivity contribution in [2.75, 3.05) is 58.3 Å². The Kier molecular flexibility index (Phi) is 5.33. The molecule has 2 heterocycles. The molecule has 1 aliphatic heterocycles. The summed E-state index contributed by atoms with van der Waals surface area (Å²) < 4.78 is 0. The minimum atomic E-state index is 0.480. The molecule has 0 aromatic carbocycles. The highest BCUT2D eigenvalue weighted by molar-refractivity contribution is 5.40. The van der Waals surface area contributed by atoms with Crippen molar-refractivity contribution in [3.63, 3.8) is 0 Å². The molecule has 0 radical (unpaired) electrons. The highest BCUT2D eigenvalue weighted by atomic mass is 15.2. The minimum absolute atomic E-state index is 0.480. The van der Waals surface area contributed by atoms with Crippen LogP contribution >= 0.6 is 0 Å². The average molecular weight is 273 g/mol. The summed E-state index contributed by atoms with van der Waals surface area (Å²) in [4.78, 5) is 11.3. The van der Waals surface area contributed by atoms with Crippen molar-refractivity contribution in [1.29, 1.82) is 5.26 Å². The second kappa shape index (κ2) is 7.22. The summed E-state index contributed by atoms with van der Waals surface area (Å²) in [6.45, 7) is 6.78. The predicted molar refractivity (Wildman–Crippen MR) is 80.8 cm³/mol. The van der Waals surface area contributed by atoms with Gasteiger partial charge in [-0.3, -0.25) is 0 Å². The molecule has 108 valence electrons. The number of nitrogens with zero attached hydrogens (tertiary/aromatic N) is 5. The quantitative estimate of drug-likeness (QED) is 0.802. The maximum Gasteiger partial charge on any atom is 0.142 e. The van der Waals surface area contributed by atoms with E-state index in [0.717, 1.165) is 25.3 Å². The van der Waals surface area contributed by atoms with Gasteiger partial charge in [-0.15, -0.1) is 0 Å². The maximum atomic E-state index is 8.87. The van der Waals surface area contributed by atoms with E-state index in [1.807, 2.05) is 19.2 Å². The van der Waals surface area contributed by atoms with Gasteiger partial charge in [0.2, 0.25) is 0 Å². The van der Waals surface area contributed by atoms with Crippen molar-refractivity contribution in [1.82, 2.24) is 14.8 Å². The molecule has 0 unspecified atom stereocenters. The summed E-state index contributed by atoms with van der Waals surface area (Å²) in [6.07, 6.45) is 1.12. The van der Waals surface area contributed by atoms with E-state index in [1.54, 1.807) is 6.07 Å². The van der Waals surface area contributed by atoms with Crippen LogP contribution in [0, 0.1) is 11.3 Å². The van der Waals surface area contributed by atoms with Crippen LogP contribution < -0.4 is 4.90 Å². The van der Waals surface area contributed by atoms with Gasteiger partial charge in [0.15, 0.2) is 0 Å². The summed E-state index contributed by atoms with van der Waals surface area (Å²) in [6, 6.07) is 7.66. The first-order valence-corrected chi connectivity index (χ1v) is 7.18. The van der Waals surface area contributed by atoms with Crippen molar-refractivity contribution in [3.05, 3.63) is 23.9 Å². The molecule has 1 aromatic heterocycles. The van der Waals surface area contributed by atoms with Gasteiger partial charge >= 0.3 is 0 Å².